The quantitative estimate of drug-likeness (QED) is 0.349. The Morgan fingerprint density at radius 3 is 2.61 bits per heavy atom. The summed E-state index contributed by atoms with van der Waals surface area (Å²) < 4.78 is 7.45. The third kappa shape index (κ3) is 2.65. The second-order valence-electron chi connectivity index (χ2n) is 6.92. The van der Waals surface area contributed by atoms with Gasteiger partial charge in [0.1, 0.15) is 24.1 Å². The predicted octanol–water partition coefficient (Wildman–Crippen LogP) is -0.907. The highest BCUT2D eigenvalue weighted by Gasteiger charge is 2.64. The van der Waals surface area contributed by atoms with E-state index in [0.717, 1.165) is 5.56 Å². The summed E-state index contributed by atoms with van der Waals surface area (Å²) >= 11 is 0. The lowest BCUT2D eigenvalue weighted by molar-refractivity contribution is -0.196. The van der Waals surface area contributed by atoms with Crippen LogP contribution in [0.3, 0.4) is 0 Å². The summed E-state index contributed by atoms with van der Waals surface area (Å²) in [6.07, 6.45) is 0.724. The first kappa shape index (κ1) is 18.7. The Bertz CT molecular complexity index is 979. The minimum Gasteiger partial charge on any atom is -0.394 e. The van der Waals surface area contributed by atoms with Crippen molar-refractivity contribution in [3.05, 3.63) is 48.5 Å². The summed E-state index contributed by atoms with van der Waals surface area (Å²) in [5, 5.41) is 31.3. The van der Waals surface area contributed by atoms with Gasteiger partial charge >= 0.3 is 0 Å². The number of benzene rings is 1. The number of anilines is 1. The number of rotatable bonds is 5. The highest BCUT2D eigenvalue weighted by atomic mass is 16.6. The minimum absolute atomic E-state index is 0.166. The number of nitrogens with two attached hydrogens (primary N) is 2. The Morgan fingerprint density at radius 2 is 1.93 bits per heavy atom. The van der Waals surface area contributed by atoms with Gasteiger partial charge in [-0.2, -0.15) is 0 Å². The van der Waals surface area contributed by atoms with Gasteiger partial charge in [0.15, 0.2) is 22.9 Å². The third-order valence-corrected chi connectivity index (χ3v) is 5.30. The highest BCUT2D eigenvalue weighted by molar-refractivity contribution is 5.81. The molecule has 0 unspecified atom stereocenters. The summed E-state index contributed by atoms with van der Waals surface area (Å²) in [5.41, 5.74) is 9.83. The fourth-order valence-electron chi connectivity index (χ4n) is 3.77. The average molecular weight is 386 g/mol. The Labute approximate surface area is 160 Å². The molecule has 3 aromatic rings. The average Bonchev–Trinajstić information content (AvgIpc) is 3.21. The second kappa shape index (κ2) is 6.76. The number of aryl methyl sites for hydroxylation is 1. The van der Waals surface area contributed by atoms with E-state index in [1.807, 2.05) is 30.3 Å². The molecule has 1 saturated heterocycles. The monoisotopic (exact) mass is 386 g/mol. The second-order valence-corrected chi connectivity index (χ2v) is 6.92. The molecule has 10 heteroatoms. The van der Waals surface area contributed by atoms with Gasteiger partial charge in [0.25, 0.3) is 0 Å². The van der Waals surface area contributed by atoms with Crippen LogP contribution < -0.4 is 11.5 Å². The molecular weight excluding hydrogens is 364 g/mol. The number of nitrogens with zero attached hydrogens (tertiary/aromatic N) is 4. The van der Waals surface area contributed by atoms with Crippen molar-refractivity contribution in [2.45, 2.75) is 36.5 Å². The standard InChI is InChI=1S/C18H22N6O4/c19-15-13-16(22-9-21-15)24(10-23-13)17(7-6-11-4-2-1-3-5-11)18(20,27)14(26)12(8-25)28-17/h1-5,9-10,12,14,25-27H,6-8,20H2,(H2,19,21,22)/t12-,14-,17-,18-/m1/s1. The summed E-state index contributed by atoms with van der Waals surface area (Å²) in [6.45, 7) is -0.516. The molecule has 0 aliphatic carbocycles. The lowest BCUT2D eigenvalue weighted by Crippen LogP contribution is -2.64. The Kier molecular flexibility index (Phi) is 4.52. The number of aliphatic hydroxyl groups excluding tert-OH is 2. The number of aromatic nitrogens is 4. The highest BCUT2D eigenvalue weighted by Crippen LogP contribution is 2.45. The Hall–Kier alpha value is -2.63. The van der Waals surface area contributed by atoms with Gasteiger partial charge in [0, 0.05) is 6.42 Å². The molecule has 0 amide bonds. The number of fused-ring (bicyclic) bond motifs is 1. The third-order valence-electron chi connectivity index (χ3n) is 5.30. The zero-order chi connectivity index (χ0) is 19.9. The van der Waals surface area contributed by atoms with Gasteiger partial charge in [-0.25, -0.2) is 15.0 Å². The summed E-state index contributed by atoms with van der Waals surface area (Å²) in [5.74, 6) is 0.166. The van der Waals surface area contributed by atoms with Crippen molar-refractivity contribution in [2.24, 2.45) is 5.73 Å². The van der Waals surface area contributed by atoms with E-state index < -0.39 is 30.3 Å². The topological polar surface area (TPSA) is 166 Å². The fraction of sp³-hybridized carbons (Fsp3) is 0.389. The smallest absolute Gasteiger partial charge is 0.193 e. The fourth-order valence-corrected chi connectivity index (χ4v) is 3.77. The maximum absolute atomic E-state index is 11.1. The normalized spacial score (nSPS) is 30.1. The van der Waals surface area contributed by atoms with Crippen LogP contribution in [0.2, 0.25) is 0 Å². The maximum atomic E-state index is 11.1. The van der Waals surface area contributed by atoms with E-state index in [9.17, 15) is 15.3 Å². The lowest BCUT2D eigenvalue weighted by Gasteiger charge is -2.40. The van der Waals surface area contributed by atoms with Crippen LogP contribution in [0.5, 0.6) is 0 Å². The molecule has 3 heterocycles. The molecular formula is C18H22N6O4. The van der Waals surface area contributed by atoms with Crippen molar-refractivity contribution < 1.29 is 20.1 Å². The van der Waals surface area contributed by atoms with Gasteiger partial charge in [0.2, 0.25) is 0 Å². The molecule has 4 rings (SSSR count). The zero-order valence-corrected chi connectivity index (χ0v) is 15.0. The number of ether oxygens (including phenoxy) is 1. The van der Waals surface area contributed by atoms with E-state index in [1.165, 1.54) is 17.2 Å². The van der Waals surface area contributed by atoms with Crippen LogP contribution in [-0.2, 0) is 16.9 Å². The van der Waals surface area contributed by atoms with Gasteiger partial charge in [0.05, 0.1) is 12.9 Å². The largest absolute Gasteiger partial charge is 0.394 e. The molecule has 1 fully saturated rings. The first-order chi connectivity index (χ1) is 13.4. The van der Waals surface area contributed by atoms with Crippen LogP contribution in [0.25, 0.3) is 11.2 Å². The molecule has 1 aromatic carbocycles. The molecule has 0 bridgehead atoms. The van der Waals surface area contributed by atoms with E-state index in [4.69, 9.17) is 16.2 Å². The van der Waals surface area contributed by atoms with Gasteiger partial charge in [-0.1, -0.05) is 30.3 Å². The molecule has 0 radical (unpaired) electrons. The van der Waals surface area contributed by atoms with Crippen LogP contribution in [0.1, 0.15) is 12.0 Å². The van der Waals surface area contributed by atoms with E-state index >= 15 is 0 Å². The maximum Gasteiger partial charge on any atom is 0.193 e. The van der Waals surface area contributed by atoms with Gasteiger partial charge < -0.3 is 25.8 Å². The number of imidazole rings is 1. The lowest BCUT2D eigenvalue weighted by atomic mass is 9.90. The van der Waals surface area contributed by atoms with E-state index in [-0.39, 0.29) is 12.2 Å². The first-order valence-corrected chi connectivity index (χ1v) is 8.86. The molecule has 148 valence electrons. The van der Waals surface area contributed by atoms with Gasteiger partial charge in [-0.05, 0) is 12.0 Å². The molecule has 2 aromatic heterocycles. The summed E-state index contributed by atoms with van der Waals surface area (Å²) in [7, 11) is 0. The minimum atomic E-state index is -2.22. The van der Waals surface area contributed by atoms with Crippen molar-refractivity contribution in [1.29, 1.82) is 0 Å². The molecule has 28 heavy (non-hydrogen) atoms. The Morgan fingerprint density at radius 1 is 1.18 bits per heavy atom. The molecule has 10 nitrogen and oxygen atoms in total. The van der Waals surface area contributed by atoms with Crippen LogP contribution >= 0.6 is 0 Å². The molecule has 1 aliphatic heterocycles. The molecule has 7 N–H and O–H groups in total. The number of hydrogen-bond acceptors (Lipinski definition) is 9. The summed E-state index contributed by atoms with van der Waals surface area (Å²) in [6, 6.07) is 9.57. The van der Waals surface area contributed by atoms with Crippen molar-refractivity contribution >= 4 is 17.0 Å². The molecule has 0 saturated carbocycles. The Balaban J connectivity index is 1.85. The zero-order valence-electron chi connectivity index (χ0n) is 15.0. The van der Waals surface area contributed by atoms with E-state index in [2.05, 4.69) is 15.0 Å². The van der Waals surface area contributed by atoms with Crippen molar-refractivity contribution in [2.75, 3.05) is 12.3 Å². The number of hydrogen-bond donors (Lipinski definition) is 5. The van der Waals surface area contributed by atoms with Gasteiger partial charge in [-0.15, -0.1) is 0 Å². The van der Waals surface area contributed by atoms with Crippen molar-refractivity contribution in [3.63, 3.8) is 0 Å². The van der Waals surface area contributed by atoms with E-state index in [1.54, 1.807) is 0 Å². The van der Waals surface area contributed by atoms with Crippen LogP contribution in [0.4, 0.5) is 5.82 Å². The van der Waals surface area contributed by atoms with Gasteiger partial charge in [-0.3, -0.25) is 10.3 Å². The SMILES string of the molecule is Nc1ncnc2c1ncn2[C@]1(CCc2ccccc2)O[C@H](CO)[C@@H](O)[C@@]1(N)O. The molecule has 1 aliphatic rings. The van der Waals surface area contributed by atoms with Crippen LogP contribution in [-0.4, -0.2) is 59.4 Å². The van der Waals surface area contributed by atoms with Crippen LogP contribution in [0.15, 0.2) is 43.0 Å². The summed E-state index contributed by atoms with van der Waals surface area (Å²) in [4.78, 5) is 12.3. The number of aliphatic hydroxyl groups is 3. The number of nitrogen functional groups attached to an aromatic ring is 1. The van der Waals surface area contributed by atoms with Crippen LogP contribution in [0, 0.1) is 0 Å². The molecule has 4 atom stereocenters. The molecule has 0 spiro atoms. The van der Waals surface area contributed by atoms with E-state index in [0.29, 0.717) is 17.6 Å². The first-order valence-electron chi connectivity index (χ1n) is 8.86. The predicted molar refractivity (Wildman–Crippen MR) is 99.6 cm³/mol. The van der Waals surface area contributed by atoms with Crippen molar-refractivity contribution in [1.82, 2.24) is 19.5 Å². The van der Waals surface area contributed by atoms with Crippen molar-refractivity contribution in [3.8, 4) is 0 Å².